The standard InChI is InChI=1S/C27H26N2O5S/c1-2-3-20-4-6-22(7-5-20)27(30)23(19-28)18-24-10-13-26(34-24)21-8-11-25(12-9-21)35(31,32)29-14-16-33-17-15-29/h4-13,18H,2-3,14-17H2,1H3. The minimum absolute atomic E-state index is 0.0268. The summed E-state index contributed by atoms with van der Waals surface area (Å²) in [6.45, 7) is 3.53. The van der Waals surface area contributed by atoms with E-state index >= 15 is 0 Å². The maximum Gasteiger partial charge on any atom is 0.243 e. The summed E-state index contributed by atoms with van der Waals surface area (Å²) in [6.07, 6.45) is 3.37. The Kier molecular flexibility index (Phi) is 7.61. The molecule has 0 bridgehead atoms. The van der Waals surface area contributed by atoms with E-state index in [1.807, 2.05) is 18.2 Å². The van der Waals surface area contributed by atoms with Crippen LogP contribution >= 0.6 is 0 Å². The third-order valence-electron chi connectivity index (χ3n) is 5.78. The molecule has 0 amide bonds. The van der Waals surface area contributed by atoms with Gasteiger partial charge in [0.25, 0.3) is 0 Å². The molecule has 3 aromatic rings. The monoisotopic (exact) mass is 490 g/mol. The van der Waals surface area contributed by atoms with Crippen LogP contribution in [0.2, 0.25) is 0 Å². The molecule has 1 aliphatic heterocycles. The molecule has 0 N–H and O–H groups in total. The molecule has 1 saturated heterocycles. The van der Waals surface area contributed by atoms with Crippen LogP contribution in [-0.2, 0) is 21.2 Å². The highest BCUT2D eigenvalue weighted by Gasteiger charge is 2.26. The molecular weight excluding hydrogens is 464 g/mol. The van der Waals surface area contributed by atoms with E-state index in [9.17, 15) is 18.5 Å². The van der Waals surface area contributed by atoms with Crippen LogP contribution in [0, 0.1) is 11.3 Å². The van der Waals surface area contributed by atoms with E-state index in [0.717, 1.165) is 18.4 Å². The van der Waals surface area contributed by atoms with Crippen LogP contribution in [-0.4, -0.2) is 44.8 Å². The van der Waals surface area contributed by atoms with Gasteiger partial charge in [-0.15, -0.1) is 0 Å². The summed E-state index contributed by atoms with van der Waals surface area (Å²) in [5.41, 5.74) is 2.25. The molecular formula is C27H26N2O5S. The zero-order valence-electron chi connectivity index (χ0n) is 19.4. The number of rotatable bonds is 8. The molecule has 0 aliphatic carbocycles. The second-order valence-electron chi connectivity index (χ2n) is 8.19. The molecule has 180 valence electrons. The summed E-state index contributed by atoms with van der Waals surface area (Å²) in [4.78, 5) is 13.0. The van der Waals surface area contributed by atoms with Crippen molar-refractivity contribution in [1.82, 2.24) is 4.31 Å². The average molecular weight is 491 g/mol. The Morgan fingerprint density at radius 3 is 2.34 bits per heavy atom. The van der Waals surface area contributed by atoms with Gasteiger partial charge in [0.2, 0.25) is 15.8 Å². The first kappa shape index (κ1) is 24.6. The molecule has 1 aliphatic rings. The van der Waals surface area contributed by atoms with E-state index in [1.165, 1.54) is 10.4 Å². The van der Waals surface area contributed by atoms with E-state index in [-0.39, 0.29) is 16.3 Å². The van der Waals surface area contributed by atoms with E-state index in [2.05, 4.69) is 6.92 Å². The van der Waals surface area contributed by atoms with Crippen molar-refractivity contribution < 1.29 is 22.4 Å². The maximum absolute atomic E-state index is 12.8. The number of carbonyl (C=O) groups excluding carboxylic acids is 1. The number of ketones is 1. The Labute approximate surface area is 205 Å². The maximum atomic E-state index is 12.8. The Morgan fingerprint density at radius 1 is 1.03 bits per heavy atom. The lowest BCUT2D eigenvalue weighted by atomic mass is 10.0. The predicted molar refractivity (Wildman–Crippen MR) is 132 cm³/mol. The first-order valence-electron chi connectivity index (χ1n) is 11.5. The highest BCUT2D eigenvalue weighted by atomic mass is 32.2. The zero-order chi connectivity index (χ0) is 24.8. The molecule has 1 aromatic heterocycles. The molecule has 2 aromatic carbocycles. The molecule has 4 rings (SSSR count). The van der Waals surface area contributed by atoms with Crippen molar-refractivity contribution in [3.05, 3.63) is 83.1 Å². The highest BCUT2D eigenvalue weighted by molar-refractivity contribution is 7.89. The Morgan fingerprint density at radius 2 is 1.71 bits per heavy atom. The van der Waals surface area contributed by atoms with Gasteiger partial charge in [0.1, 0.15) is 23.2 Å². The summed E-state index contributed by atoms with van der Waals surface area (Å²) < 4.78 is 38.1. The van der Waals surface area contributed by atoms with Crippen LogP contribution in [0.25, 0.3) is 17.4 Å². The van der Waals surface area contributed by atoms with Gasteiger partial charge >= 0.3 is 0 Å². The Bertz CT molecular complexity index is 1360. The summed E-state index contributed by atoms with van der Waals surface area (Å²) in [5.74, 6) is 0.490. The molecule has 0 unspecified atom stereocenters. The van der Waals surface area contributed by atoms with Crippen LogP contribution in [0.5, 0.6) is 0 Å². The third kappa shape index (κ3) is 5.60. The summed E-state index contributed by atoms with van der Waals surface area (Å²) in [6, 6.07) is 19.1. The molecule has 0 spiro atoms. The van der Waals surface area contributed by atoms with E-state index in [4.69, 9.17) is 9.15 Å². The Balaban J connectivity index is 1.51. The van der Waals surface area contributed by atoms with Gasteiger partial charge in [0, 0.05) is 30.3 Å². The summed E-state index contributed by atoms with van der Waals surface area (Å²) in [7, 11) is -3.58. The fourth-order valence-electron chi connectivity index (χ4n) is 3.87. The van der Waals surface area contributed by atoms with Crippen LogP contribution < -0.4 is 0 Å². The van der Waals surface area contributed by atoms with Gasteiger partial charge in [-0.25, -0.2) is 8.42 Å². The third-order valence-corrected chi connectivity index (χ3v) is 7.69. The van der Waals surface area contributed by atoms with Crippen molar-refractivity contribution in [2.45, 2.75) is 24.7 Å². The largest absolute Gasteiger partial charge is 0.457 e. The number of hydrogen-bond acceptors (Lipinski definition) is 6. The summed E-state index contributed by atoms with van der Waals surface area (Å²) >= 11 is 0. The quantitative estimate of drug-likeness (QED) is 0.258. The molecule has 0 radical (unpaired) electrons. The number of hydrogen-bond donors (Lipinski definition) is 0. The molecule has 35 heavy (non-hydrogen) atoms. The number of carbonyl (C=O) groups is 1. The van der Waals surface area contributed by atoms with Gasteiger partial charge in [-0.1, -0.05) is 37.6 Å². The minimum Gasteiger partial charge on any atom is -0.457 e. The number of allylic oxidation sites excluding steroid dienone is 1. The first-order chi connectivity index (χ1) is 16.9. The second-order valence-corrected chi connectivity index (χ2v) is 10.1. The number of nitriles is 1. The van der Waals surface area contributed by atoms with Gasteiger partial charge < -0.3 is 9.15 Å². The fraction of sp³-hybridized carbons (Fsp3) is 0.259. The number of nitrogens with zero attached hydrogens (tertiary/aromatic N) is 2. The van der Waals surface area contributed by atoms with Crippen molar-refractivity contribution in [3.63, 3.8) is 0 Å². The van der Waals surface area contributed by atoms with Crippen molar-refractivity contribution in [1.29, 1.82) is 5.26 Å². The smallest absolute Gasteiger partial charge is 0.243 e. The molecule has 0 saturated carbocycles. The van der Waals surface area contributed by atoms with Crippen molar-refractivity contribution in [3.8, 4) is 17.4 Å². The van der Waals surface area contributed by atoms with Crippen LogP contribution in [0.3, 0.4) is 0 Å². The lowest BCUT2D eigenvalue weighted by molar-refractivity contribution is 0.0730. The topological polar surface area (TPSA) is 101 Å². The van der Waals surface area contributed by atoms with E-state index in [1.54, 1.807) is 48.5 Å². The normalized spacial score (nSPS) is 15.0. The zero-order valence-corrected chi connectivity index (χ0v) is 20.3. The molecule has 2 heterocycles. The van der Waals surface area contributed by atoms with Crippen molar-refractivity contribution in [2.75, 3.05) is 26.3 Å². The molecule has 1 fully saturated rings. The number of ether oxygens (including phenoxy) is 1. The number of morpholine rings is 1. The minimum atomic E-state index is -3.58. The number of sulfonamides is 1. The average Bonchev–Trinajstić information content (AvgIpc) is 3.37. The fourth-order valence-corrected chi connectivity index (χ4v) is 5.28. The van der Waals surface area contributed by atoms with Crippen LogP contribution in [0.4, 0.5) is 0 Å². The van der Waals surface area contributed by atoms with Gasteiger partial charge in [0.15, 0.2) is 0 Å². The second kappa shape index (κ2) is 10.8. The Hall–Kier alpha value is -3.51. The highest BCUT2D eigenvalue weighted by Crippen LogP contribution is 2.26. The number of Topliss-reactive ketones (excluding diaryl/α,β-unsaturated/α-hetero) is 1. The number of benzene rings is 2. The van der Waals surface area contributed by atoms with Gasteiger partial charge in [-0.05, 0) is 48.4 Å². The molecule has 8 heteroatoms. The molecule has 7 nitrogen and oxygen atoms in total. The van der Waals surface area contributed by atoms with E-state index in [0.29, 0.717) is 49.0 Å². The van der Waals surface area contributed by atoms with E-state index < -0.39 is 10.0 Å². The van der Waals surface area contributed by atoms with Gasteiger partial charge in [0.05, 0.1) is 18.1 Å². The lowest BCUT2D eigenvalue weighted by Crippen LogP contribution is -2.40. The van der Waals surface area contributed by atoms with Crippen LogP contribution in [0.1, 0.15) is 35.0 Å². The van der Waals surface area contributed by atoms with Crippen molar-refractivity contribution in [2.24, 2.45) is 0 Å². The number of furan rings is 1. The lowest BCUT2D eigenvalue weighted by Gasteiger charge is -2.26. The van der Waals surface area contributed by atoms with Gasteiger partial charge in [-0.2, -0.15) is 9.57 Å². The van der Waals surface area contributed by atoms with Crippen LogP contribution in [0.15, 0.2) is 75.5 Å². The molecule has 0 atom stereocenters. The van der Waals surface area contributed by atoms with Gasteiger partial charge in [-0.3, -0.25) is 4.79 Å². The van der Waals surface area contributed by atoms with Crippen molar-refractivity contribution >= 4 is 21.9 Å². The number of aryl methyl sites for hydroxylation is 1. The summed E-state index contributed by atoms with van der Waals surface area (Å²) in [5, 5.41) is 9.55. The SMILES string of the molecule is CCCc1ccc(C(=O)C(C#N)=Cc2ccc(-c3ccc(S(=O)(=O)N4CCOCC4)cc3)o2)cc1. The predicted octanol–water partition coefficient (Wildman–Crippen LogP) is 4.71. The first-order valence-corrected chi connectivity index (χ1v) is 12.9.